The van der Waals surface area contributed by atoms with Crippen LogP contribution in [0, 0.1) is 0 Å². The van der Waals surface area contributed by atoms with Crippen LogP contribution in [-0.2, 0) is 14.3 Å². The second-order valence-electron chi connectivity index (χ2n) is 4.56. The standard InChI is InChI=1S/C16H14N2O5S/c19-13(18-16(22)12-7-4-8-24-12)10-23-14(20)9-17-15(21)11-5-2-1-3-6-11/h1-8H,9-10H2,(H,17,21)(H,18,19,22). The van der Waals surface area contributed by atoms with Gasteiger partial charge in [-0.05, 0) is 23.6 Å². The summed E-state index contributed by atoms with van der Waals surface area (Å²) in [5, 5.41) is 6.17. The highest BCUT2D eigenvalue weighted by Gasteiger charge is 2.14. The van der Waals surface area contributed by atoms with E-state index in [1.807, 2.05) is 0 Å². The molecule has 0 fully saturated rings. The van der Waals surface area contributed by atoms with Gasteiger partial charge in [-0.15, -0.1) is 11.3 Å². The van der Waals surface area contributed by atoms with Crippen LogP contribution in [0.2, 0.25) is 0 Å². The van der Waals surface area contributed by atoms with Crippen molar-refractivity contribution in [2.24, 2.45) is 0 Å². The summed E-state index contributed by atoms with van der Waals surface area (Å²) in [7, 11) is 0. The van der Waals surface area contributed by atoms with E-state index in [0.717, 1.165) is 0 Å². The van der Waals surface area contributed by atoms with Crippen molar-refractivity contribution < 1.29 is 23.9 Å². The fraction of sp³-hybridized carbons (Fsp3) is 0.125. The third-order valence-electron chi connectivity index (χ3n) is 2.79. The van der Waals surface area contributed by atoms with E-state index < -0.39 is 30.3 Å². The first kappa shape index (κ1) is 17.4. The first-order chi connectivity index (χ1) is 11.6. The average Bonchev–Trinajstić information content (AvgIpc) is 3.13. The Labute approximate surface area is 141 Å². The van der Waals surface area contributed by atoms with Gasteiger partial charge in [0.2, 0.25) is 0 Å². The van der Waals surface area contributed by atoms with E-state index in [-0.39, 0.29) is 6.54 Å². The van der Waals surface area contributed by atoms with E-state index >= 15 is 0 Å². The minimum atomic E-state index is -0.780. The lowest BCUT2D eigenvalue weighted by Crippen LogP contribution is -2.36. The quantitative estimate of drug-likeness (QED) is 0.759. The first-order valence-electron chi connectivity index (χ1n) is 6.93. The summed E-state index contributed by atoms with van der Waals surface area (Å²) in [4.78, 5) is 46.7. The van der Waals surface area contributed by atoms with Crippen LogP contribution in [0.1, 0.15) is 20.0 Å². The van der Waals surface area contributed by atoms with Crippen molar-refractivity contribution in [1.82, 2.24) is 10.6 Å². The van der Waals surface area contributed by atoms with Gasteiger partial charge in [0.05, 0.1) is 4.88 Å². The molecule has 0 unspecified atom stereocenters. The molecular formula is C16H14N2O5S. The van der Waals surface area contributed by atoms with E-state index in [1.165, 1.54) is 11.3 Å². The van der Waals surface area contributed by atoms with E-state index in [2.05, 4.69) is 10.6 Å². The maximum Gasteiger partial charge on any atom is 0.325 e. The number of carbonyl (C=O) groups is 4. The van der Waals surface area contributed by atoms with Crippen molar-refractivity contribution in [2.45, 2.75) is 0 Å². The van der Waals surface area contributed by atoms with Gasteiger partial charge in [-0.25, -0.2) is 0 Å². The topological polar surface area (TPSA) is 102 Å². The minimum Gasteiger partial charge on any atom is -0.454 e. The summed E-state index contributed by atoms with van der Waals surface area (Å²) < 4.78 is 4.69. The summed E-state index contributed by atoms with van der Waals surface area (Å²) >= 11 is 1.19. The number of benzene rings is 1. The predicted molar refractivity (Wildman–Crippen MR) is 86.5 cm³/mol. The van der Waals surface area contributed by atoms with Gasteiger partial charge in [0.1, 0.15) is 6.54 Å². The number of thiophene rings is 1. The summed E-state index contributed by atoms with van der Waals surface area (Å²) in [6.07, 6.45) is 0. The number of ether oxygens (including phenoxy) is 1. The smallest absolute Gasteiger partial charge is 0.325 e. The number of carbonyl (C=O) groups excluding carboxylic acids is 4. The molecular weight excluding hydrogens is 332 g/mol. The number of esters is 1. The van der Waals surface area contributed by atoms with Crippen LogP contribution >= 0.6 is 11.3 Å². The minimum absolute atomic E-state index is 0.375. The summed E-state index contributed by atoms with van der Waals surface area (Å²) in [6.45, 7) is -0.975. The zero-order valence-electron chi connectivity index (χ0n) is 12.5. The van der Waals surface area contributed by atoms with Crippen molar-refractivity contribution >= 4 is 35.0 Å². The Bertz CT molecular complexity index is 728. The molecule has 1 aromatic carbocycles. The maximum absolute atomic E-state index is 11.7. The number of nitrogens with one attached hydrogen (secondary N) is 2. The predicted octanol–water partition coefficient (Wildman–Crippen LogP) is 0.978. The van der Waals surface area contributed by atoms with Gasteiger partial charge in [0.25, 0.3) is 17.7 Å². The van der Waals surface area contributed by atoms with E-state index in [0.29, 0.717) is 10.4 Å². The molecule has 0 aliphatic rings. The number of hydrogen-bond acceptors (Lipinski definition) is 6. The van der Waals surface area contributed by atoms with Crippen LogP contribution in [-0.4, -0.2) is 36.8 Å². The molecule has 0 radical (unpaired) electrons. The molecule has 0 atom stereocenters. The SMILES string of the molecule is O=C(COC(=O)CNC(=O)c1ccccc1)NC(=O)c1cccs1. The molecule has 0 saturated carbocycles. The molecule has 1 heterocycles. The zero-order chi connectivity index (χ0) is 17.4. The number of hydrogen-bond donors (Lipinski definition) is 2. The molecule has 2 N–H and O–H groups in total. The lowest BCUT2D eigenvalue weighted by Gasteiger charge is -2.06. The number of rotatable bonds is 6. The van der Waals surface area contributed by atoms with Crippen LogP contribution in [0.25, 0.3) is 0 Å². The molecule has 3 amide bonds. The molecule has 0 spiro atoms. The lowest BCUT2D eigenvalue weighted by molar-refractivity contribution is -0.147. The van der Waals surface area contributed by atoms with Crippen LogP contribution in [0.5, 0.6) is 0 Å². The van der Waals surface area contributed by atoms with E-state index in [4.69, 9.17) is 4.74 Å². The molecule has 0 bridgehead atoms. The Balaban J connectivity index is 1.68. The Morgan fingerprint density at radius 3 is 2.38 bits per heavy atom. The second-order valence-corrected chi connectivity index (χ2v) is 5.51. The van der Waals surface area contributed by atoms with Crippen LogP contribution in [0.4, 0.5) is 0 Å². The fourth-order valence-electron chi connectivity index (χ4n) is 1.67. The third-order valence-corrected chi connectivity index (χ3v) is 3.66. The van der Waals surface area contributed by atoms with Gasteiger partial charge < -0.3 is 10.1 Å². The monoisotopic (exact) mass is 346 g/mol. The number of imide groups is 1. The van der Waals surface area contributed by atoms with Crippen molar-refractivity contribution in [3.05, 3.63) is 58.3 Å². The molecule has 0 aliphatic carbocycles. The average molecular weight is 346 g/mol. The Morgan fingerprint density at radius 2 is 1.71 bits per heavy atom. The first-order valence-corrected chi connectivity index (χ1v) is 7.81. The molecule has 7 nitrogen and oxygen atoms in total. The Kier molecular flexibility index (Phi) is 6.21. The highest BCUT2D eigenvalue weighted by atomic mass is 32.1. The lowest BCUT2D eigenvalue weighted by atomic mass is 10.2. The van der Waals surface area contributed by atoms with Gasteiger partial charge >= 0.3 is 5.97 Å². The highest BCUT2D eigenvalue weighted by Crippen LogP contribution is 2.07. The van der Waals surface area contributed by atoms with Gasteiger partial charge in [-0.2, -0.15) is 0 Å². The van der Waals surface area contributed by atoms with Crippen LogP contribution in [0.3, 0.4) is 0 Å². The summed E-state index contributed by atoms with van der Waals surface area (Å²) in [5.41, 5.74) is 0.407. The molecule has 8 heteroatoms. The maximum atomic E-state index is 11.7. The molecule has 124 valence electrons. The van der Waals surface area contributed by atoms with Gasteiger partial charge in [0.15, 0.2) is 6.61 Å². The normalized spacial score (nSPS) is 9.83. The van der Waals surface area contributed by atoms with Crippen molar-refractivity contribution in [2.75, 3.05) is 13.2 Å². The van der Waals surface area contributed by atoms with Crippen LogP contribution < -0.4 is 10.6 Å². The molecule has 24 heavy (non-hydrogen) atoms. The van der Waals surface area contributed by atoms with Crippen molar-refractivity contribution in [3.8, 4) is 0 Å². The van der Waals surface area contributed by atoms with E-state index in [9.17, 15) is 19.2 Å². The van der Waals surface area contributed by atoms with E-state index in [1.54, 1.807) is 47.8 Å². The van der Waals surface area contributed by atoms with Gasteiger partial charge in [0, 0.05) is 5.56 Å². The van der Waals surface area contributed by atoms with Gasteiger partial charge in [-0.1, -0.05) is 24.3 Å². The largest absolute Gasteiger partial charge is 0.454 e. The number of amides is 3. The molecule has 2 rings (SSSR count). The van der Waals surface area contributed by atoms with Crippen molar-refractivity contribution in [3.63, 3.8) is 0 Å². The molecule has 1 aromatic heterocycles. The van der Waals surface area contributed by atoms with Gasteiger partial charge in [-0.3, -0.25) is 24.5 Å². The molecule has 0 saturated heterocycles. The van der Waals surface area contributed by atoms with Crippen LogP contribution in [0.15, 0.2) is 47.8 Å². The molecule has 0 aliphatic heterocycles. The second kappa shape index (κ2) is 8.59. The third kappa shape index (κ3) is 5.33. The zero-order valence-corrected chi connectivity index (χ0v) is 13.3. The summed E-state index contributed by atoms with van der Waals surface area (Å²) in [6, 6.07) is 11.6. The molecule has 2 aromatic rings. The fourth-order valence-corrected chi connectivity index (χ4v) is 2.29. The summed E-state index contributed by atoms with van der Waals surface area (Å²) in [5.74, 6) is -2.50. The Hall–Kier alpha value is -3.00. The van der Waals surface area contributed by atoms with Crippen molar-refractivity contribution in [1.29, 1.82) is 0 Å². The Morgan fingerprint density at radius 1 is 0.958 bits per heavy atom. The highest BCUT2D eigenvalue weighted by molar-refractivity contribution is 7.12.